The van der Waals surface area contributed by atoms with E-state index in [-0.39, 0.29) is 29.0 Å². The number of nitro benzene ring substituents is 1. The third kappa shape index (κ3) is 2.32. The van der Waals surface area contributed by atoms with Crippen LogP contribution in [0.1, 0.15) is 0 Å². The summed E-state index contributed by atoms with van der Waals surface area (Å²) in [5, 5.41) is 18.4. The van der Waals surface area contributed by atoms with Gasteiger partial charge < -0.3 is 18.6 Å². The molecule has 0 aliphatic heterocycles. The molecule has 1 heterocycles. The van der Waals surface area contributed by atoms with Crippen LogP contribution in [0.3, 0.4) is 0 Å². The molecule has 0 amide bonds. The van der Waals surface area contributed by atoms with E-state index in [1.807, 2.05) is 0 Å². The van der Waals surface area contributed by atoms with Crippen molar-refractivity contribution in [3.63, 3.8) is 0 Å². The van der Waals surface area contributed by atoms with Gasteiger partial charge >= 0.3 is 6.08 Å². The molecule has 106 valence electrons. The fourth-order valence-electron chi connectivity index (χ4n) is 1.59. The number of benzene rings is 1. The number of methoxy groups -OCH3 is 3. The van der Waals surface area contributed by atoms with Crippen LogP contribution in [0.2, 0.25) is 0 Å². The lowest BCUT2D eigenvalue weighted by Crippen LogP contribution is -1.97. The number of aromatic nitrogens is 2. The predicted molar refractivity (Wildman–Crippen MR) is 66.0 cm³/mol. The standard InChI is InChI=1S/C11H11N3O6/c1-17-8-4-6(10-12-13-11(19-3)20-10)7(14(15)16)5-9(8)18-2/h4-5H,1-3H3. The smallest absolute Gasteiger partial charge is 0.414 e. The van der Waals surface area contributed by atoms with E-state index >= 15 is 0 Å². The van der Waals surface area contributed by atoms with Crippen LogP contribution in [0.5, 0.6) is 17.6 Å². The van der Waals surface area contributed by atoms with Crippen molar-refractivity contribution in [3.8, 4) is 29.0 Å². The summed E-state index contributed by atoms with van der Waals surface area (Å²) in [5.74, 6) is 0.495. The molecular weight excluding hydrogens is 270 g/mol. The summed E-state index contributed by atoms with van der Waals surface area (Å²) < 4.78 is 20.0. The van der Waals surface area contributed by atoms with Gasteiger partial charge in [0.2, 0.25) is 0 Å². The predicted octanol–water partition coefficient (Wildman–Crippen LogP) is 1.67. The Morgan fingerprint density at radius 2 is 1.75 bits per heavy atom. The average molecular weight is 281 g/mol. The first kappa shape index (κ1) is 13.6. The number of ether oxygens (including phenoxy) is 3. The molecule has 1 aromatic carbocycles. The van der Waals surface area contributed by atoms with E-state index < -0.39 is 4.92 Å². The molecule has 0 fully saturated rings. The lowest BCUT2D eigenvalue weighted by molar-refractivity contribution is -0.384. The van der Waals surface area contributed by atoms with Gasteiger partial charge in [-0.25, -0.2) is 0 Å². The van der Waals surface area contributed by atoms with Crippen molar-refractivity contribution < 1.29 is 23.6 Å². The van der Waals surface area contributed by atoms with E-state index in [1.165, 1.54) is 33.5 Å². The van der Waals surface area contributed by atoms with Crippen molar-refractivity contribution in [2.75, 3.05) is 21.3 Å². The van der Waals surface area contributed by atoms with Gasteiger partial charge in [0.1, 0.15) is 5.56 Å². The third-order valence-electron chi connectivity index (χ3n) is 2.51. The molecule has 0 unspecified atom stereocenters. The van der Waals surface area contributed by atoms with E-state index in [1.54, 1.807) is 0 Å². The number of nitro groups is 1. The third-order valence-corrected chi connectivity index (χ3v) is 2.51. The lowest BCUT2D eigenvalue weighted by Gasteiger charge is -2.08. The summed E-state index contributed by atoms with van der Waals surface area (Å²) in [6.45, 7) is 0. The highest BCUT2D eigenvalue weighted by atomic mass is 16.6. The summed E-state index contributed by atoms with van der Waals surface area (Å²) in [7, 11) is 4.15. The SMILES string of the molecule is COc1nnc(-c2cc(OC)c(OC)cc2[N+](=O)[O-])o1. The Balaban J connectivity index is 2.63. The zero-order chi connectivity index (χ0) is 14.7. The maximum absolute atomic E-state index is 11.1. The van der Waals surface area contributed by atoms with Gasteiger partial charge in [-0.05, 0) is 0 Å². The Morgan fingerprint density at radius 1 is 1.10 bits per heavy atom. The van der Waals surface area contributed by atoms with E-state index in [4.69, 9.17) is 18.6 Å². The summed E-state index contributed by atoms with van der Waals surface area (Å²) >= 11 is 0. The molecule has 0 radical (unpaired) electrons. The molecule has 0 spiro atoms. The van der Waals surface area contributed by atoms with E-state index in [0.29, 0.717) is 5.75 Å². The van der Waals surface area contributed by atoms with E-state index in [0.717, 1.165) is 0 Å². The molecule has 0 atom stereocenters. The summed E-state index contributed by atoms with van der Waals surface area (Å²) in [6, 6.07) is 2.62. The van der Waals surface area contributed by atoms with Crippen LogP contribution < -0.4 is 14.2 Å². The van der Waals surface area contributed by atoms with E-state index in [9.17, 15) is 10.1 Å². The van der Waals surface area contributed by atoms with Crippen molar-refractivity contribution in [2.24, 2.45) is 0 Å². The first-order chi connectivity index (χ1) is 9.60. The normalized spacial score (nSPS) is 10.2. The maximum Gasteiger partial charge on any atom is 0.414 e. The molecule has 0 saturated carbocycles. The van der Waals surface area contributed by atoms with Gasteiger partial charge in [0.05, 0.1) is 32.3 Å². The zero-order valence-corrected chi connectivity index (χ0v) is 10.9. The summed E-state index contributed by atoms with van der Waals surface area (Å²) in [6.07, 6.45) is -0.0934. The second-order valence-corrected chi connectivity index (χ2v) is 3.56. The van der Waals surface area contributed by atoms with Crippen LogP contribution in [0, 0.1) is 10.1 Å². The molecular formula is C11H11N3O6. The first-order valence-corrected chi connectivity index (χ1v) is 5.39. The van der Waals surface area contributed by atoms with Crippen molar-refractivity contribution in [3.05, 3.63) is 22.2 Å². The number of rotatable bonds is 5. The quantitative estimate of drug-likeness (QED) is 0.601. The Labute approximate surface area is 113 Å². The molecule has 0 saturated heterocycles. The fourth-order valence-corrected chi connectivity index (χ4v) is 1.59. The molecule has 1 aromatic heterocycles. The van der Waals surface area contributed by atoms with Crippen molar-refractivity contribution in [1.29, 1.82) is 0 Å². The van der Waals surface area contributed by atoms with Gasteiger partial charge in [-0.2, -0.15) is 0 Å². The summed E-state index contributed by atoms with van der Waals surface area (Å²) in [5.41, 5.74) is -0.127. The Hall–Kier alpha value is -2.84. The highest BCUT2D eigenvalue weighted by molar-refractivity contribution is 5.71. The minimum Gasteiger partial charge on any atom is -0.493 e. The second kappa shape index (κ2) is 5.43. The second-order valence-electron chi connectivity index (χ2n) is 3.56. The highest BCUT2D eigenvalue weighted by Crippen LogP contribution is 2.39. The zero-order valence-electron chi connectivity index (χ0n) is 10.9. The molecule has 2 aromatic rings. The van der Waals surface area contributed by atoms with Crippen LogP contribution in [-0.2, 0) is 0 Å². The largest absolute Gasteiger partial charge is 0.493 e. The summed E-state index contributed by atoms with van der Waals surface area (Å²) in [4.78, 5) is 10.6. The molecule has 9 nitrogen and oxygen atoms in total. The van der Waals surface area contributed by atoms with Crippen LogP contribution in [0.25, 0.3) is 11.5 Å². The molecule has 0 aliphatic carbocycles. The molecule has 0 bridgehead atoms. The number of hydrogen-bond donors (Lipinski definition) is 0. The Kier molecular flexibility index (Phi) is 3.69. The molecule has 9 heteroatoms. The van der Waals surface area contributed by atoms with Crippen LogP contribution in [0.4, 0.5) is 5.69 Å². The molecule has 0 aliphatic rings. The van der Waals surface area contributed by atoms with Crippen molar-refractivity contribution in [1.82, 2.24) is 10.2 Å². The number of nitrogens with zero attached hydrogens (tertiary/aromatic N) is 3. The van der Waals surface area contributed by atoms with Crippen LogP contribution >= 0.6 is 0 Å². The monoisotopic (exact) mass is 281 g/mol. The maximum atomic E-state index is 11.1. The average Bonchev–Trinajstić information content (AvgIpc) is 2.94. The van der Waals surface area contributed by atoms with Crippen molar-refractivity contribution >= 4 is 5.69 Å². The molecule has 0 N–H and O–H groups in total. The molecule has 20 heavy (non-hydrogen) atoms. The van der Waals surface area contributed by atoms with Gasteiger partial charge in [-0.3, -0.25) is 10.1 Å². The van der Waals surface area contributed by atoms with Crippen LogP contribution in [-0.4, -0.2) is 36.5 Å². The first-order valence-electron chi connectivity index (χ1n) is 5.39. The highest BCUT2D eigenvalue weighted by Gasteiger charge is 2.24. The minimum absolute atomic E-state index is 0.0468. The van der Waals surface area contributed by atoms with Gasteiger partial charge in [-0.1, -0.05) is 5.10 Å². The Morgan fingerprint density at radius 3 is 2.25 bits per heavy atom. The molecule has 2 rings (SSSR count). The van der Waals surface area contributed by atoms with E-state index in [2.05, 4.69) is 10.2 Å². The van der Waals surface area contributed by atoms with Crippen LogP contribution in [0.15, 0.2) is 16.5 Å². The fraction of sp³-hybridized carbons (Fsp3) is 0.273. The van der Waals surface area contributed by atoms with Gasteiger partial charge in [0.15, 0.2) is 11.5 Å². The van der Waals surface area contributed by atoms with Gasteiger partial charge in [-0.15, -0.1) is 5.10 Å². The number of hydrogen-bond acceptors (Lipinski definition) is 8. The topological polar surface area (TPSA) is 110 Å². The Bertz CT molecular complexity index is 639. The van der Waals surface area contributed by atoms with Gasteiger partial charge in [0, 0.05) is 6.07 Å². The minimum atomic E-state index is -0.575. The van der Waals surface area contributed by atoms with Gasteiger partial charge in [0.25, 0.3) is 11.6 Å². The van der Waals surface area contributed by atoms with Crippen molar-refractivity contribution in [2.45, 2.75) is 0 Å². The lowest BCUT2D eigenvalue weighted by atomic mass is 10.1.